The van der Waals surface area contributed by atoms with E-state index in [1.54, 1.807) is 11.3 Å². The lowest BCUT2D eigenvalue weighted by molar-refractivity contribution is -0.144. The van der Waals surface area contributed by atoms with Crippen molar-refractivity contribution in [2.24, 2.45) is 5.92 Å². The molecule has 0 saturated heterocycles. The fourth-order valence-electron chi connectivity index (χ4n) is 2.94. The molecule has 5 heteroatoms. The predicted molar refractivity (Wildman–Crippen MR) is 81.5 cm³/mol. The second-order valence-corrected chi connectivity index (χ2v) is 7.61. The van der Waals surface area contributed by atoms with Crippen LogP contribution in [0.15, 0.2) is 15.2 Å². The Morgan fingerprint density at radius 3 is 2.84 bits per heavy atom. The standard InChI is InChI=1S/C14H20BrNO2S/c1-16(8-10-7-13(15)19-9-10)12-6-4-2-3-5-11(12)14(17)18/h7,9,11-12H,2-6,8H2,1H3,(H,17,18). The molecule has 1 aromatic rings. The number of hydrogen-bond donors (Lipinski definition) is 1. The van der Waals surface area contributed by atoms with Gasteiger partial charge < -0.3 is 5.11 Å². The molecule has 0 aliphatic heterocycles. The van der Waals surface area contributed by atoms with Crippen LogP contribution in [0.1, 0.15) is 37.7 Å². The lowest BCUT2D eigenvalue weighted by atomic mass is 9.93. The van der Waals surface area contributed by atoms with Gasteiger partial charge in [0.2, 0.25) is 0 Å². The first kappa shape index (κ1) is 15.0. The topological polar surface area (TPSA) is 40.5 Å². The smallest absolute Gasteiger partial charge is 0.308 e. The predicted octanol–water partition coefficient (Wildman–Crippen LogP) is 3.98. The molecule has 19 heavy (non-hydrogen) atoms. The zero-order valence-electron chi connectivity index (χ0n) is 11.1. The number of hydrogen-bond acceptors (Lipinski definition) is 3. The molecule has 2 atom stereocenters. The Balaban J connectivity index is 2.05. The second kappa shape index (κ2) is 6.86. The summed E-state index contributed by atoms with van der Waals surface area (Å²) in [6.45, 7) is 0.830. The SMILES string of the molecule is CN(Cc1csc(Br)c1)C1CCCCCC1C(=O)O. The average Bonchev–Trinajstić information content (AvgIpc) is 2.65. The van der Waals surface area contributed by atoms with Crippen molar-refractivity contribution in [3.05, 3.63) is 20.8 Å². The van der Waals surface area contributed by atoms with Gasteiger partial charge in [-0.15, -0.1) is 11.3 Å². The van der Waals surface area contributed by atoms with Crippen molar-refractivity contribution in [3.8, 4) is 0 Å². The molecule has 1 saturated carbocycles. The van der Waals surface area contributed by atoms with Gasteiger partial charge in [-0.1, -0.05) is 19.3 Å². The van der Waals surface area contributed by atoms with E-state index < -0.39 is 5.97 Å². The van der Waals surface area contributed by atoms with Crippen molar-refractivity contribution in [1.82, 2.24) is 4.90 Å². The lowest BCUT2D eigenvalue weighted by Crippen LogP contribution is -2.40. The summed E-state index contributed by atoms with van der Waals surface area (Å²) in [6.07, 6.45) is 5.17. The highest BCUT2D eigenvalue weighted by atomic mass is 79.9. The van der Waals surface area contributed by atoms with Crippen molar-refractivity contribution in [1.29, 1.82) is 0 Å². The molecule has 1 fully saturated rings. The molecule has 3 nitrogen and oxygen atoms in total. The molecule has 1 aromatic heterocycles. The van der Waals surface area contributed by atoms with Gasteiger partial charge in [0, 0.05) is 12.6 Å². The Morgan fingerprint density at radius 2 is 2.21 bits per heavy atom. The zero-order chi connectivity index (χ0) is 13.8. The minimum Gasteiger partial charge on any atom is -0.481 e. The van der Waals surface area contributed by atoms with Crippen LogP contribution in [0.4, 0.5) is 0 Å². The summed E-state index contributed by atoms with van der Waals surface area (Å²) in [5.74, 6) is -0.847. The number of nitrogens with zero attached hydrogens (tertiary/aromatic N) is 1. The van der Waals surface area contributed by atoms with Gasteiger partial charge in [-0.2, -0.15) is 0 Å². The summed E-state index contributed by atoms with van der Waals surface area (Å²) in [7, 11) is 2.05. The van der Waals surface area contributed by atoms with Crippen molar-refractivity contribution < 1.29 is 9.90 Å². The molecular weight excluding hydrogens is 326 g/mol. The van der Waals surface area contributed by atoms with E-state index in [0.717, 1.165) is 42.4 Å². The van der Waals surface area contributed by atoms with Crippen LogP contribution in [-0.2, 0) is 11.3 Å². The highest BCUT2D eigenvalue weighted by Crippen LogP contribution is 2.29. The first-order chi connectivity index (χ1) is 9.08. The van der Waals surface area contributed by atoms with Crippen LogP contribution in [0, 0.1) is 5.92 Å². The second-order valence-electron chi connectivity index (χ2n) is 5.32. The monoisotopic (exact) mass is 345 g/mol. The van der Waals surface area contributed by atoms with E-state index in [0.29, 0.717) is 0 Å². The fourth-order valence-corrected chi connectivity index (χ4v) is 4.14. The minimum atomic E-state index is -0.634. The zero-order valence-corrected chi connectivity index (χ0v) is 13.5. The van der Waals surface area contributed by atoms with Gasteiger partial charge in [-0.05, 0) is 52.8 Å². The third-order valence-electron chi connectivity index (χ3n) is 3.92. The van der Waals surface area contributed by atoms with E-state index in [4.69, 9.17) is 0 Å². The van der Waals surface area contributed by atoms with E-state index in [1.807, 2.05) is 0 Å². The Labute approximate surface area is 126 Å². The Bertz CT molecular complexity index is 435. The molecule has 1 aliphatic carbocycles. The van der Waals surface area contributed by atoms with Gasteiger partial charge in [0.05, 0.1) is 9.70 Å². The Kier molecular flexibility index (Phi) is 5.42. The number of halogens is 1. The molecule has 2 rings (SSSR count). The first-order valence-corrected chi connectivity index (χ1v) is 8.41. The van der Waals surface area contributed by atoms with Crippen LogP contribution >= 0.6 is 27.3 Å². The van der Waals surface area contributed by atoms with Crippen LogP contribution in [-0.4, -0.2) is 29.1 Å². The molecule has 0 aromatic carbocycles. The maximum absolute atomic E-state index is 11.4. The van der Waals surface area contributed by atoms with Crippen LogP contribution in [0.25, 0.3) is 0 Å². The normalized spacial score (nSPS) is 24.4. The fraction of sp³-hybridized carbons (Fsp3) is 0.643. The van der Waals surface area contributed by atoms with E-state index in [-0.39, 0.29) is 12.0 Å². The van der Waals surface area contributed by atoms with Crippen LogP contribution in [0.3, 0.4) is 0 Å². The quantitative estimate of drug-likeness (QED) is 0.839. The third kappa shape index (κ3) is 4.04. The summed E-state index contributed by atoms with van der Waals surface area (Å²) >= 11 is 5.15. The molecule has 106 valence electrons. The highest BCUT2D eigenvalue weighted by molar-refractivity contribution is 9.11. The minimum absolute atomic E-state index is 0.165. The molecule has 0 radical (unpaired) electrons. The maximum Gasteiger partial charge on any atom is 0.308 e. The number of carboxylic acid groups (broad SMARTS) is 1. The summed E-state index contributed by atoms with van der Waals surface area (Å²) < 4.78 is 1.13. The molecule has 0 amide bonds. The molecule has 2 unspecified atom stereocenters. The van der Waals surface area contributed by atoms with E-state index in [2.05, 4.69) is 39.3 Å². The molecule has 0 spiro atoms. The number of thiophene rings is 1. The van der Waals surface area contributed by atoms with Gasteiger partial charge >= 0.3 is 5.97 Å². The average molecular weight is 346 g/mol. The van der Waals surface area contributed by atoms with E-state index in [9.17, 15) is 9.90 Å². The lowest BCUT2D eigenvalue weighted by Gasteiger charge is -2.31. The number of carboxylic acids is 1. The summed E-state index contributed by atoms with van der Waals surface area (Å²) in [4.78, 5) is 13.7. The maximum atomic E-state index is 11.4. The Morgan fingerprint density at radius 1 is 1.47 bits per heavy atom. The van der Waals surface area contributed by atoms with Gasteiger partial charge in [0.25, 0.3) is 0 Å². The Hall–Kier alpha value is -0.390. The van der Waals surface area contributed by atoms with Crippen molar-refractivity contribution in [2.45, 2.75) is 44.7 Å². The van der Waals surface area contributed by atoms with E-state index in [1.165, 1.54) is 5.56 Å². The van der Waals surface area contributed by atoms with Crippen LogP contribution < -0.4 is 0 Å². The highest BCUT2D eigenvalue weighted by Gasteiger charge is 2.32. The number of aliphatic carboxylic acids is 1. The van der Waals surface area contributed by atoms with E-state index >= 15 is 0 Å². The van der Waals surface area contributed by atoms with Crippen molar-refractivity contribution in [2.75, 3.05) is 7.05 Å². The number of rotatable bonds is 4. The summed E-state index contributed by atoms with van der Waals surface area (Å²) in [5.41, 5.74) is 1.26. The molecule has 1 N–H and O–H groups in total. The van der Waals surface area contributed by atoms with Gasteiger partial charge in [-0.25, -0.2) is 0 Å². The molecular formula is C14H20BrNO2S. The summed E-state index contributed by atoms with van der Waals surface area (Å²) in [6, 6.07) is 2.28. The molecule has 0 bridgehead atoms. The first-order valence-electron chi connectivity index (χ1n) is 6.74. The van der Waals surface area contributed by atoms with Crippen LogP contribution in [0.5, 0.6) is 0 Å². The van der Waals surface area contributed by atoms with Gasteiger partial charge in [0.15, 0.2) is 0 Å². The van der Waals surface area contributed by atoms with Crippen LogP contribution in [0.2, 0.25) is 0 Å². The van der Waals surface area contributed by atoms with Gasteiger partial charge in [0.1, 0.15) is 0 Å². The largest absolute Gasteiger partial charge is 0.481 e. The molecule has 1 heterocycles. The summed E-state index contributed by atoms with van der Waals surface area (Å²) in [5, 5.41) is 11.6. The van der Waals surface area contributed by atoms with Crippen molar-refractivity contribution in [3.63, 3.8) is 0 Å². The third-order valence-corrected chi connectivity index (χ3v) is 5.47. The molecule has 1 aliphatic rings. The van der Waals surface area contributed by atoms with Crippen molar-refractivity contribution >= 4 is 33.2 Å². The van der Waals surface area contributed by atoms with Gasteiger partial charge in [-0.3, -0.25) is 9.69 Å². The number of carbonyl (C=O) groups is 1.